The maximum Gasteiger partial charge on any atom is 0.337 e. The van der Waals surface area contributed by atoms with Gasteiger partial charge < -0.3 is 15.6 Å². The van der Waals surface area contributed by atoms with E-state index in [4.69, 9.17) is 27.2 Å². The molecular weight excluding hydrogens is 285 g/mol. The largest absolute Gasteiger partial charge is 0.489 e. The van der Waals surface area contributed by atoms with Gasteiger partial charge in [-0.15, -0.1) is 0 Å². The van der Waals surface area contributed by atoms with Gasteiger partial charge in [-0.2, -0.15) is 0 Å². The summed E-state index contributed by atoms with van der Waals surface area (Å²) in [4.78, 5) is 10.9. The van der Waals surface area contributed by atoms with E-state index in [0.29, 0.717) is 11.3 Å². The Morgan fingerprint density at radius 3 is 2.80 bits per heavy atom. The van der Waals surface area contributed by atoms with Crippen LogP contribution in [-0.4, -0.2) is 11.1 Å². The minimum atomic E-state index is -1.14. The Kier molecular flexibility index (Phi) is 4.10. The van der Waals surface area contributed by atoms with E-state index < -0.39 is 11.8 Å². The van der Waals surface area contributed by atoms with Gasteiger partial charge >= 0.3 is 5.97 Å². The van der Waals surface area contributed by atoms with E-state index in [-0.39, 0.29) is 22.9 Å². The Labute approximate surface area is 119 Å². The normalized spacial score (nSPS) is 10.3. The first-order valence-electron chi connectivity index (χ1n) is 5.67. The molecule has 0 heterocycles. The molecule has 4 nitrogen and oxygen atoms in total. The average Bonchev–Trinajstić information content (AvgIpc) is 2.41. The number of rotatable bonds is 4. The van der Waals surface area contributed by atoms with E-state index in [1.165, 1.54) is 30.3 Å². The van der Waals surface area contributed by atoms with E-state index in [9.17, 15) is 9.18 Å². The number of carbonyl (C=O) groups is 1. The van der Waals surface area contributed by atoms with Crippen molar-refractivity contribution in [2.75, 3.05) is 5.73 Å². The van der Waals surface area contributed by atoms with Crippen molar-refractivity contribution in [1.29, 1.82) is 0 Å². The lowest BCUT2D eigenvalue weighted by Crippen LogP contribution is -2.04. The highest BCUT2D eigenvalue weighted by Crippen LogP contribution is 2.24. The lowest BCUT2D eigenvalue weighted by molar-refractivity contribution is 0.0697. The first-order valence-corrected chi connectivity index (χ1v) is 6.05. The molecule has 0 saturated heterocycles. The molecule has 0 spiro atoms. The van der Waals surface area contributed by atoms with Crippen LogP contribution in [0.15, 0.2) is 36.4 Å². The maximum atomic E-state index is 13.2. The highest BCUT2D eigenvalue weighted by Gasteiger charge is 2.10. The SMILES string of the molecule is Nc1ccc(OCc2cccc(F)c2Cl)cc1C(=O)O. The summed E-state index contributed by atoms with van der Waals surface area (Å²) in [5.74, 6) is -1.36. The molecule has 0 fully saturated rings. The van der Waals surface area contributed by atoms with Crippen molar-refractivity contribution in [2.24, 2.45) is 0 Å². The molecule has 2 rings (SSSR count). The second-order valence-corrected chi connectivity index (χ2v) is 4.43. The molecule has 0 amide bonds. The van der Waals surface area contributed by atoms with Gasteiger partial charge in [0.15, 0.2) is 0 Å². The quantitative estimate of drug-likeness (QED) is 0.849. The van der Waals surface area contributed by atoms with Crippen molar-refractivity contribution < 1.29 is 19.0 Å². The fourth-order valence-electron chi connectivity index (χ4n) is 1.63. The van der Waals surface area contributed by atoms with Crippen molar-refractivity contribution in [3.63, 3.8) is 0 Å². The van der Waals surface area contributed by atoms with Crippen LogP contribution >= 0.6 is 11.6 Å². The number of anilines is 1. The standard InChI is InChI=1S/C14H11ClFNO3/c15-13-8(2-1-3-11(13)16)7-20-9-4-5-12(17)10(6-9)14(18)19/h1-6H,7,17H2,(H,18,19). The summed E-state index contributed by atoms with van der Waals surface area (Å²) >= 11 is 5.80. The number of aromatic carboxylic acids is 1. The van der Waals surface area contributed by atoms with Gasteiger partial charge in [-0.3, -0.25) is 0 Å². The summed E-state index contributed by atoms with van der Waals surface area (Å²) in [5, 5.41) is 8.94. The molecule has 0 radical (unpaired) electrons. The lowest BCUT2D eigenvalue weighted by atomic mass is 10.1. The fourth-order valence-corrected chi connectivity index (χ4v) is 1.81. The molecule has 0 saturated carbocycles. The summed E-state index contributed by atoms with van der Waals surface area (Å²) in [7, 11) is 0. The summed E-state index contributed by atoms with van der Waals surface area (Å²) in [6.07, 6.45) is 0. The first kappa shape index (κ1) is 14.1. The number of carboxylic acid groups (broad SMARTS) is 1. The molecule has 0 aliphatic heterocycles. The number of carboxylic acids is 1. The third-order valence-corrected chi connectivity index (χ3v) is 3.10. The second kappa shape index (κ2) is 5.79. The molecule has 2 aromatic rings. The van der Waals surface area contributed by atoms with Crippen molar-refractivity contribution in [2.45, 2.75) is 6.61 Å². The topological polar surface area (TPSA) is 72.5 Å². The van der Waals surface area contributed by atoms with Gasteiger partial charge in [0.25, 0.3) is 0 Å². The number of benzene rings is 2. The first-order chi connectivity index (χ1) is 9.49. The van der Waals surface area contributed by atoms with Crippen LogP contribution in [0.3, 0.4) is 0 Å². The number of hydrogen-bond donors (Lipinski definition) is 2. The molecule has 6 heteroatoms. The highest BCUT2D eigenvalue weighted by molar-refractivity contribution is 6.31. The molecule has 20 heavy (non-hydrogen) atoms. The maximum absolute atomic E-state index is 13.2. The molecule has 2 aromatic carbocycles. The van der Waals surface area contributed by atoms with Gasteiger partial charge in [-0.05, 0) is 24.3 Å². The van der Waals surface area contributed by atoms with Gasteiger partial charge in [-0.1, -0.05) is 23.7 Å². The average molecular weight is 296 g/mol. The Balaban J connectivity index is 2.17. The number of nitrogens with two attached hydrogens (primary N) is 1. The summed E-state index contributed by atoms with van der Waals surface area (Å²) in [5.41, 5.74) is 6.11. The molecule has 3 N–H and O–H groups in total. The minimum absolute atomic E-state index is 0.0126. The van der Waals surface area contributed by atoms with Crippen LogP contribution in [0.1, 0.15) is 15.9 Å². The van der Waals surface area contributed by atoms with E-state index >= 15 is 0 Å². The number of halogens is 2. The van der Waals surface area contributed by atoms with Crippen LogP contribution in [-0.2, 0) is 6.61 Å². The van der Waals surface area contributed by atoms with Gasteiger partial charge in [0.2, 0.25) is 0 Å². The molecule has 0 bridgehead atoms. The summed E-state index contributed by atoms with van der Waals surface area (Å²) in [6, 6.07) is 8.68. The molecule has 0 aliphatic carbocycles. The Hall–Kier alpha value is -2.27. The Bertz CT molecular complexity index is 661. The van der Waals surface area contributed by atoms with Crippen LogP contribution < -0.4 is 10.5 Å². The number of ether oxygens (including phenoxy) is 1. The lowest BCUT2D eigenvalue weighted by Gasteiger charge is -2.09. The highest BCUT2D eigenvalue weighted by atomic mass is 35.5. The Morgan fingerprint density at radius 2 is 2.10 bits per heavy atom. The van der Waals surface area contributed by atoms with E-state index in [2.05, 4.69) is 0 Å². The smallest absolute Gasteiger partial charge is 0.337 e. The minimum Gasteiger partial charge on any atom is -0.489 e. The zero-order valence-electron chi connectivity index (χ0n) is 10.3. The van der Waals surface area contributed by atoms with Crippen LogP contribution in [0.5, 0.6) is 5.75 Å². The van der Waals surface area contributed by atoms with Crippen molar-refractivity contribution in [3.05, 3.63) is 58.4 Å². The number of hydrogen-bond acceptors (Lipinski definition) is 3. The predicted molar refractivity (Wildman–Crippen MR) is 73.6 cm³/mol. The fraction of sp³-hybridized carbons (Fsp3) is 0.0714. The molecule has 0 atom stereocenters. The third-order valence-electron chi connectivity index (χ3n) is 2.68. The molecule has 0 aliphatic rings. The van der Waals surface area contributed by atoms with Crippen LogP contribution in [0.25, 0.3) is 0 Å². The molecule has 104 valence electrons. The molecular formula is C14H11ClFNO3. The number of nitrogen functional groups attached to an aromatic ring is 1. The van der Waals surface area contributed by atoms with E-state index in [1.807, 2.05) is 0 Å². The zero-order chi connectivity index (χ0) is 14.7. The van der Waals surface area contributed by atoms with Crippen LogP contribution in [0.4, 0.5) is 10.1 Å². The third kappa shape index (κ3) is 3.00. The molecule has 0 unspecified atom stereocenters. The van der Waals surface area contributed by atoms with Crippen molar-refractivity contribution in [3.8, 4) is 5.75 Å². The van der Waals surface area contributed by atoms with E-state index in [1.54, 1.807) is 6.07 Å². The summed E-state index contributed by atoms with van der Waals surface area (Å²) in [6.45, 7) is 0.0274. The zero-order valence-corrected chi connectivity index (χ0v) is 11.0. The summed E-state index contributed by atoms with van der Waals surface area (Å²) < 4.78 is 18.6. The predicted octanol–water partition coefficient (Wildman–Crippen LogP) is 3.34. The Morgan fingerprint density at radius 1 is 1.35 bits per heavy atom. The van der Waals surface area contributed by atoms with E-state index in [0.717, 1.165) is 0 Å². The second-order valence-electron chi connectivity index (χ2n) is 4.06. The van der Waals surface area contributed by atoms with Crippen molar-refractivity contribution >= 4 is 23.3 Å². The van der Waals surface area contributed by atoms with Gasteiger partial charge in [0, 0.05) is 11.3 Å². The monoisotopic (exact) mass is 295 g/mol. The van der Waals surface area contributed by atoms with Gasteiger partial charge in [-0.25, -0.2) is 9.18 Å². The van der Waals surface area contributed by atoms with Crippen molar-refractivity contribution in [1.82, 2.24) is 0 Å². The van der Waals surface area contributed by atoms with Gasteiger partial charge in [0.05, 0.1) is 10.6 Å². The van der Waals surface area contributed by atoms with Crippen LogP contribution in [0.2, 0.25) is 5.02 Å². The van der Waals surface area contributed by atoms with Crippen LogP contribution in [0, 0.1) is 5.82 Å². The van der Waals surface area contributed by atoms with Gasteiger partial charge in [0.1, 0.15) is 18.2 Å². The molecule has 0 aromatic heterocycles.